The van der Waals surface area contributed by atoms with Crippen molar-refractivity contribution in [1.82, 2.24) is 16.0 Å². The molecule has 28 heavy (non-hydrogen) atoms. The predicted octanol–water partition coefficient (Wildman–Crippen LogP) is -0.690. The van der Waals surface area contributed by atoms with Gasteiger partial charge in [0.25, 0.3) is 0 Å². The number of aliphatic hydroxyl groups is 1. The summed E-state index contributed by atoms with van der Waals surface area (Å²) in [6, 6.07) is 0. The lowest BCUT2D eigenvalue weighted by Crippen LogP contribution is -2.69. The van der Waals surface area contributed by atoms with E-state index in [1.807, 2.05) is 0 Å². The largest absolute Gasteiger partial charge is 0.389 e. The molecular formula is C20H42N4O4. The summed E-state index contributed by atoms with van der Waals surface area (Å²) in [5, 5.41) is 20.1. The van der Waals surface area contributed by atoms with Crippen molar-refractivity contribution in [3.63, 3.8) is 0 Å². The fourth-order valence-corrected chi connectivity index (χ4v) is 4.56. The quantitative estimate of drug-likeness (QED) is 0.170. The molecule has 0 aromatic heterocycles. The minimum atomic E-state index is -0.516. The van der Waals surface area contributed by atoms with E-state index in [2.05, 4.69) is 43.6 Å². The van der Waals surface area contributed by atoms with Crippen LogP contribution < -0.4 is 21.7 Å². The van der Waals surface area contributed by atoms with Crippen molar-refractivity contribution in [1.29, 1.82) is 0 Å². The zero-order chi connectivity index (χ0) is 20.6. The van der Waals surface area contributed by atoms with Crippen LogP contribution in [0.15, 0.2) is 0 Å². The first kappa shape index (κ1) is 24.0. The number of hydrogen-bond donors (Lipinski definition) is 5. The standard InChI is InChI=1S/C20H42N4O4/c1-19(2)17(20(3,4)18(19)28-14-16-13-26-16)27-12-15(25)11-24-10-9-23-8-7-22-6-5-21/h15-18,22-25H,5-14,21H2,1-4H3. The number of ether oxygens (including phenoxy) is 3. The lowest BCUT2D eigenvalue weighted by Gasteiger charge is -2.62. The highest BCUT2D eigenvalue weighted by Crippen LogP contribution is 2.57. The maximum atomic E-state index is 10.2. The van der Waals surface area contributed by atoms with E-state index in [4.69, 9.17) is 19.9 Å². The van der Waals surface area contributed by atoms with Crippen molar-refractivity contribution < 1.29 is 19.3 Å². The number of epoxide rings is 1. The Bertz CT molecular complexity index is 430. The molecule has 166 valence electrons. The van der Waals surface area contributed by atoms with Gasteiger partial charge in [0, 0.05) is 56.6 Å². The second-order valence-corrected chi connectivity index (χ2v) is 9.17. The molecule has 8 nitrogen and oxygen atoms in total. The summed E-state index contributed by atoms with van der Waals surface area (Å²) in [7, 11) is 0. The lowest BCUT2D eigenvalue weighted by atomic mass is 9.51. The Balaban J connectivity index is 1.54. The molecule has 6 N–H and O–H groups in total. The molecule has 0 amide bonds. The van der Waals surface area contributed by atoms with Gasteiger partial charge in [-0.2, -0.15) is 0 Å². The third-order valence-electron chi connectivity index (χ3n) is 5.67. The van der Waals surface area contributed by atoms with E-state index in [-0.39, 0.29) is 29.1 Å². The summed E-state index contributed by atoms with van der Waals surface area (Å²) in [6.07, 6.45) is -0.0499. The average Bonchev–Trinajstić information content (AvgIpc) is 3.44. The number of aliphatic hydroxyl groups excluding tert-OH is 1. The second-order valence-electron chi connectivity index (χ2n) is 9.17. The van der Waals surface area contributed by atoms with Gasteiger partial charge in [0.05, 0.1) is 38.1 Å². The molecule has 2 fully saturated rings. The topological polar surface area (TPSA) is 113 Å². The highest BCUT2D eigenvalue weighted by atomic mass is 16.6. The van der Waals surface area contributed by atoms with Crippen molar-refractivity contribution in [2.24, 2.45) is 16.6 Å². The monoisotopic (exact) mass is 402 g/mol. The van der Waals surface area contributed by atoms with Crippen LogP contribution in [0.4, 0.5) is 0 Å². The number of rotatable bonds is 16. The van der Waals surface area contributed by atoms with E-state index in [1.165, 1.54) is 0 Å². The maximum Gasteiger partial charge on any atom is 0.104 e. The smallest absolute Gasteiger partial charge is 0.104 e. The number of hydrogen-bond acceptors (Lipinski definition) is 8. The van der Waals surface area contributed by atoms with E-state index < -0.39 is 6.10 Å². The Kier molecular flexibility index (Phi) is 9.56. The van der Waals surface area contributed by atoms with Crippen molar-refractivity contribution in [3.05, 3.63) is 0 Å². The summed E-state index contributed by atoms with van der Waals surface area (Å²) in [5.41, 5.74) is 5.27. The van der Waals surface area contributed by atoms with Crippen LogP contribution in [0.1, 0.15) is 27.7 Å². The molecule has 8 heteroatoms. The van der Waals surface area contributed by atoms with E-state index in [0.29, 0.717) is 26.3 Å². The Morgan fingerprint density at radius 1 is 0.964 bits per heavy atom. The van der Waals surface area contributed by atoms with Crippen LogP contribution in [0.3, 0.4) is 0 Å². The molecule has 1 aliphatic heterocycles. The molecular weight excluding hydrogens is 360 g/mol. The predicted molar refractivity (Wildman–Crippen MR) is 110 cm³/mol. The average molecular weight is 403 g/mol. The highest BCUT2D eigenvalue weighted by Gasteiger charge is 2.63. The summed E-state index contributed by atoms with van der Waals surface area (Å²) in [5.74, 6) is 0. The fourth-order valence-electron chi connectivity index (χ4n) is 4.56. The van der Waals surface area contributed by atoms with Crippen LogP contribution in [0.5, 0.6) is 0 Å². The zero-order valence-electron chi connectivity index (χ0n) is 18.1. The summed E-state index contributed by atoms with van der Waals surface area (Å²) < 4.78 is 17.5. The van der Waals surface area contributed by atoms with Gasteiger partial charge >= 0.3 is 0 Å². The van der Waals surface area contributed by atoms with Gasteiger partial charge in [-0.1, -0.05) is 27.7 Å². The van der Waals surface area contributed by atoms with Crippen LogP contribution in [0, 0.1) is 10.8 Å². The summed E-state index contributed by atoms with van der Waals surface area (Å²) in [6.45, 7) is 16.1. The van der Waals surface area contributed by atoms with E-state index in [0.717, 1.165) is 39.3 Å². The minimum absolute atomic E-state index is 0.0578. The molecule has 0 radical (unpaired) electrons. The van der Waals surface area contributed by atoms with Crippen molar-refractivity contribution in [3.8, 4) is 0 Å². The summed E-state index contributed by atoms with van der Waals surface area (Å²) >= 11 is 0. The Morgan fingerprint density at radius 2 is 1.50 bits per heavy atom. The summed E-state index contributed by atoms with van der Waals surface area (Å²) in [4.78, 5) is 0. The van der Waals surface area contributed by atoms with Crippen LogP contribution in [-0.2, 0) is 14.2 Å². The van der Waals surface area contributed by atoms with Gasteiger partial charge in [-0.15, -0.1) is 0 Å². The molecule has 1 aliphatic carbocycles. The van der Waals surface area contributed by atoms with Gasteiger partial charge in [0.15, 0.2) is 0 Å². The third-order valence-corrected chi connectivity index (χ3v) is 5.67. The molecule has 0 aromatic carbocycles. The molecule has 2 aliphatic rings. The zero-order valence-corrected chi connectivity index (χ0v) is 18.1. The lowest BCUT2D eigenvalue weighted by molar-refractivity contribution is -0.287. The number of nitrogens with two attached hydrogens (primary N) is 1. The van der Waals surface area contributed by atoms with Crippen LogP contribution >= 0.6 is 0 Å². The van der Waals surface area contributed by atoms with Gasteiger partial charge in [-0.05, 0) is 0 Å². The second kappa shape index (κ2) is 11.2. The normalized spacial score (nSPS) is 28.7. The molecule has 0 bridgehead atoms. The van der Waals surface area contributed by atoms with Crippen molar-refractivity contribution in [2.45, 2.75) is 52.1 Å². The van der Waals surface area contributed by atoms with Gasteiger partial charge in [-0.25, -0.2) is 0 Å². The van der Waals surface area contributed by atoms with Gasteiger partial charge < -0.3 is 41.0 Å². The Morgan fingerprint density at radius 3 is 2.07 bits per heavy atom. The molecule has 0 aromatic rings. The SMILES string of the molecule is CC1(C)C(OCC(O)CNCCNCCNCCN)C(C)(C)C1OCC1CO1. The minimum Gasteiger partial charge on any atom is -0.389 e. The molecule has 2 atom stereocenters. The van der Waals surface area contributed by atoms with Crippen LogP contribution in [0.2, 0.25) is 0 Å². The van der Waals surface area contributed by atoms with Gasteiger partial charge in [-0.3, -0.25) is 0 Å². The first-order valence-electron chi connectivity index (χ1n) is 10.6. The van der Waals surface area contributed by atoms with E-state index in [1.54, 1.807) is 0 Å². The first-order chi connectivity index (χ1) is 13.3. The van der Waals surface area contributed by atoms with E-state index >= 15 is 0 Å². The van der Waals surface area contributed by atoms with Crippen molar-refractivity contribution >= 4 is 0 Å². The molecule has 0 spiro atoms. The molecule has 1 saturated carbocycles. The maximum absolute atomic E-state index is 10.2. The molecule has 1 saturated heterocycles. The Labute approximate surface area is 170 Å². The number of nitrogens with one attached hydrogen (secondary N) is 3. The fraction of sp³-hybridized carbons (Fsp3) is 1.00. The van der Waals surface area contributed by atoms with Crippen molar-refractivity contribution in [2.75, 3.05) is 65.6 Å². The highest BCUT2D eigenvalue weighted by molar-refractivity contribution is 5.12. The van der Waals surface area contributed by atoms with Crippen LogP contribution in [0.25, 0.3) is 0 Å². The Hall–Kier alpha value is -0.320. The molecule has 1 heterocycles. The molecule has 2 unspecified atom stereocenters. The first-order valence-corrected chi connectivity index (χ1v) is 10.6. The third kappa shape index (κ3) is 6.88. The van der Waals surface area contributed by atoms with Crippen LogP contribution in [-0.4, -0.2) is 95.2 Å². The molecule has 2 rings (SSSR count). The van der Waals surface area contributed by atoms with Gasteiger partial charge in [0.1, 0.15) is 6.10 Å². The van der Waals surface area contributed by atoms with Gasteiger partial charge in [0.2, 0.25) is 0 Å². The van der Waals surface area contributed by atoms with E-state index in [9.17, 15) is 5.11 Å².